The molecule has 2 aromatic heterocycles. The zero-order valence-corrected chi connectivity index (χ0v) is 18.0. The van der Waals surface area contributed by atoms with Crippen LogP contribution in [0.1, 0.15) is 29.1 Å². The van der Waals surface area contributed by atoms with Gasteiger partial charge in [-0.15, -0.1) is 11.3 Å². The summed E-state index contributed by atoms with van der Waals surface area (Å²) in [4.78, 5) is 41.0. The Bertz CT molecular complexity index is 1120. The lowest BCUT2D eigenvalue weighted by Gasteiger charge is -2.19. The molecule has 0 unspecified atom stereocenters. The van der Waals surface area contributed by atoms with E-state index >= 15 is 0 Å². The van der Waals surface area contributed by atoms with E-state index in [1.807, 2.05) is 32.9 Å². The van der Waals surface area contributed by atoms with Gasteiger partial charge in [0.05, 0.1) is 4.88 Å². The van der Waals surface area contributed by atoms with E-state index in [0.717, 1.165) is 14.4 Å². The number of rotatable bonds is 7. The van der Waals surface area contributed by atoms with Gasteiger partial charge in [0, 0.05) is 35.3 Å². The maximum absolute atomic E-state index is 12.5. The van der Waals surface area contributed by atoms with Crippen molar-refractivity contribution in [2.45, 2.75) is 27.3 Å². The third-order valence-corrected chi connectivity index (χ3v) is 5.62. The molecule has 0 aliphatic rings. The number of benzene rings is 1. The highest BCUT2D eigenvalue weighted by Crippen LogP contribution is 2.25. The Morgan fingerprint density at radius 2 is 1.87 bits per heavy atom. The molecule has 0 atom stereocenters. The maximum Gasteiger partial charge on any atom is 0.267 e. The van der Waals surface area contributed by atoms with Crippen molar-refractivity contribution in [2.24, 2.45) is 0 Å². The number of hydrogen-bond donors (Lipinski definition) is 1. The molecule has 7 nitrogen and oxygen atoms in total. The molecule has 0 spiro atoms. The second-order valence-corrected chi connectivity index (χ2v) is 8.02. The molecule has 0 bridgehead atoms. The van der Waals surface area contributed by atoms with E-state index in [1.165, 1.54) is 6.07 Å². The molecule has 1 aromatic carbocycles. The van der Waals surface area contributed by atoms with Gasteiger partial charge in [0.2, 0.25) is 5.91 Å². The molecule has 8 heteroatoms. The highest BCUT2D eigenvalue weighted by atomic mass is 32.1. The largest absolute Gasteiger partial charge is 0.339 e. The summed E-state index contributed by atoms with van der Waals surface area (Å²) in [6, 6.07) is 13.8. The normalized spacial score (nSPS) is 10.6. The van der Waals surface area contributed by atoms with E-state index in [1.54, 1.807) is 46.6 Å². The van der Waals surface area contributed by atoms with Gasteiger partial charge in [0.15, 0.2) is 0 Å². The van der Waals surface area contributed by atoms with Crippen molar-refractivity contribution >= 4 is 28.8 Å². The van der Waals surface area contributed by atoms with Crippen LogP contribution in [0.2, 0.25) is 0 Å². The Labute approximate surface area is 179 Å². The Morgan fingerprint density at radius 3 is 2.53 bits per heavy atom. The zero-order chi connectivity index (χ0) is 21.7. The molecule has 1 N–H and O–H groups in total. The van der Waals surface area contributed by atoms with E-state index in [-0.39, 0.29) is 18.0 Å². The minimum Gasteiger partial charge on any atom is -0.339 e. The quantitative estimate of drug-likeness (QED) is 0.630. The highest BCUT2D eigenvalue weighted by Gasteiger charge is 2.14. The number of aryl methyl sites for hydroxylation is 1. The maximum atomic E-state index is 12.5. The summed E-state index contributed by atoms with van der Waals surface area (Å²) in [6.45, 7) is 6.84. The van der Waals surface area contributed by atoms with Gasteiger partial charge in [0.1, 0.15) is 12.2 Å². The van der Waals surface area contributed by atoms with E-state index in [0.29, 0.717) is 30.0 Å². The van der Waals surface area contributed by atoms with Crippen molar-refractivity contribution in [1.29, 1.82) is 0 Å². The number of carbonyl (C=O) groups is 2. The van der Waals surface area contributed by atoms with Gasteiger partial charge in [-0.05, 0) is 57.2 Å². The summed E-state index contributed by atoms with van der Waals surface area (Å²) in [7, 11) is 0. The topological polar surface area (TPSA) is 84.3 Å². The van der Waals surface area contributed by atoms with Crippen LogP contribution >= 0.6 is 11.3 Å². The molecule has 0 fully saturated rings. The van der Waals surface area contributed by atoms with Crippen LogP contribution in [-0.4, -0.2) is 39.6 Å². The van der Waals surface area contributed by atoms with E-state index in [4.69, 9.17) is 0 Å². The molecule has 2 heterocycles. The molecule has 3 rings (SSSR count). The molecule has 0 aliphatic heterocycles. The van der Waals surface area contributed by atoms with E-state index in [2.05, 4.69) is 10.4 Å². The van der Waals surface area contributed by atoms with E-state index < -0.39 is 5.91 Å². The molecule has 2 amide bonds. The number of aromatic nitrogens is 2. The summed E-state index contributed by atoms with van der Waals surface area (Å²) < 4.78 is 1.14. The van der Waals surface area contributed by atoms with Crippen LogP contribution in [0.4, 0.5) is 5.69 Å². The van der Waals surface area contributed by atoms with Crippen LogP contribution in [0.3, 0.4) is 0 Å². The summed E-state index contributed by atoms with van der Waals surface area (Å²) in [6.07, 6.45) is 0. The van der Waals surface area contributed by atoms with Gasteiger partial charge in [-0.3, -0.25) is 14.4 Å². The second kappa shape index (κ2) is 9.49. The molecule has 0 radical (unpaired) electrons. The third-order valence-electron chi connectivity index (χ3n) is 4.60. The van der Waals surface area contributed by atoms with Crippen LogP contribution in [-0.2, 0) is 11.3 Å². The Kier molecular flexibility index (Phi) is 6.79. The smallest absolute Gasteiger partial charge is 0.267 e. The fourth-order valence-corrected chi connectivity index (χ4v) is 3.86. The molecule has 156 valence electrons. The summed E-state index contributed by atoms with van der Waals surface area (Å²) >= 11 is 1.57. The van der Waals surface area contributed by atoms with Gasteiger partial charge < -0.3 is 10.2 Å². The number of nitrogens with one attached hydrogen (secondary N) is 1. The molecule has 0 saturated carbocycles. The van der Waals surface area contributed by atoms with Gasteiger partial charge in [0.25, 0.3) is 11.5 Å². The van der Waals surface area contributed by atoms with Crippen LogP contribution in [0.25, 0.3) is 10.6 Å². The first-order chi connectivity index (χ1) is 14.4. The molecular formula is C22H24N4O3S. The third kappa shape index (κ3) is 5.01. The zero-order valence-electron chi connectivity index (χ0n) is 17.2. The van der Waals surface area contributed by atoms with Crippen molar-refractivity contribution in [3.63, 3.8) is 0 Å². The fourth-order valence-electron chi connectivity index (χ4n) is 3.03. The summed E-state index contributed by atoms with van der Waals surface area (Å²) in [5, 5.41) is 7.07. The van der Waals surface area contributed by atoms with Crippen LogP contribution in [0, 0.1) is 6.92 Å². The lowest BCUT2D eigenvalue weighted by Crippen LogP contribution is -2.31. The average molecular weight is 425 g/mol. The first-order valence-corrected chi connectivity index (χ1v) is 10.6. The monoisotopic (exact) mass is 424 g/mol. The molecule has 0 aliphatic carbocycles. The van der Waals surface area contributed by atoms with Crippen LogP contribution < -0.4 is 10.9 Å². The predicted octanol–water partition coefficient (Wildman–Crippen LogP) is 3.40. The van der Waals surface area contributed by atoms with Crippen molar-refractivity contribution in [3.05, 3.63) is 69.3 Å². The standard InChI is InChI=1S/C22H24N4O3S/c1-4-25(5-2)22(29)16-7-6-8-17(13-16)23-20(27)14-26-21(28)12-10-18(24-26)19-11-9-15(3)30-19/h6-13H,4-5,14H2,1-3H3,(H,23,27). The lowest BCUT2D eigenvalue weighted by molar-refractivity contribution is -0.117. The Hall–Kier alpha value is -3.26. The van der Waals surface area contributed by atoms with E-state index in [9.17, 15) is 14.4 Å². The predicted molar refractivity (Wildman–Crippen MR) is 119 cm³/mol. The summed E-state index contributed by atoms with van der Waals surface area (Å²) in [5.41, 5.74) is 1.29. The minimum absolute atomic E-state index is 0.0899. The molecule has 0 saturated heterocycles. The molecule has 3 aromatic rings. The first-order valence-electron chi connectivity index (χ1n) is 9.75. The fraction of sp³-hybridized carbons (Fsp3) is 0.273. The van der Waals surface area contributed by atoms with Crippen molar-refractivity contribution in [1.82, 2.24) is 14.7 Å². The minimum atomic E-state index is -0.392. The van der Waals surface area contributed by atoms with Crippen LogP contribution in [0.5, 0.6) is 0 Å². The Balaban J connectivity index is 1.74. The SMILES string of the molecule is CCN(CC)C(=O)c1cccc(NC(=O)Cn2nc(-c3ccc(C)s3)ccc2=O)c1. The van der Waals surface area contributed by atoms with Crippen molar-refractivity contribution in [3.8, 4) is 10.6 Å². The van der Waals surface area contributed by atoms with Crippen molar-refractivity contribution in [2.75, 3.05) is 18.4 Å². The van der Waals surface area contributed by atoms with Crippen molar-refractivity contribution < 1.29 is 9.59 Å². The van der Waals surface area contributed by atoms with Crippen LogP contribution in [0.15, 0.2) is 53.3 Å². The second-order valence-electron chi connectivity index (χ2n) is 6.73. The summed E-state index contributed by atoms with van der Waals surface area (Å²) in [5.74, 6) is -0.482. The van der Waals surface area contributed by atoms with Gasteiger partial charge >= 0.3 is 0 Å². The first kappa shape index (κ1) is 21.4. The van der Waals surface area contributed by atoms with Gasteiger partial charge in [-0.2, -0.15) is 5.10 Å². The number of hydrogen-bond acceptors (Lipinski definition) is 5. The highest BCUT2D eigenvalue weighted by molar-refractivity contribution is 7.15. The van der Waals surface area contributed by atoms with Gasteiger partial charge in [-0.1, -0.05) is 6.07 Å². The number of anilines is 1. The molecule has 30 heavy (non-hydrogen) atoms. The number of nitrogens with zero attached hydrogens (tertiary/aromatic N) is 3. The lowest BCUT2D eigenvalue weighted by atomic mass is 10.1. The number of carbonyl (C=O) groups excluding carboxylic acids is 2. The Morgan fingerprint density at radius 1 is 1.10 bits per heavy atom. The molecular weight excluding hydrogens is 400 g/mol. The average Bonchev–Trinajstić information content (AvgIpc) is 3.17. The van der Waals surface area contributed by atoms with Gasteiger partial charge in [-0.25, -0.2) is 4.68 Å². The number of amides is 2. The number of thiophene rings is 1.